The van der Waals surface area contributed by atoms with Crippen molar-refractivity contribution >= 4 is 43.7 Å². The van der Waals surface area contributed by atoms with Gasteiger partial charge in [0.05, 0.1) is 0 Å². The van der Waals surface area contributed by atoms with Gasteiger partial charge in [0, 0.05) is 56.7 Å². The molecule has 2 saturated heterocycles. The molecule has 2 atom stereocenters. The maximum Gasteiger partial charge on any atom is 0.273 e. The van der Waals surface area contributed by atoms with E-state index in [1.165, 1.54) is 0 Å². The SMILES string of the molecule is C[C@H]1CN(c2nc(N)c(C(=O)NCCN)nc2Cl)CCN1C1CCN(Cc2ccc(F)c(P)c2)CC1. The van der Waals surface area contributed by atoms with Gasteiger partial charge in [-0.15, -0.1) is 9.24 Å². The van der Waals surface area contributed by atoms with E-state index in [0.29, 0.717) is 36.3 Å². The lowest BCUT2D eigenvalue weighted by Crippen LogP contribution is -2.57. The highest BCUT2D eigenvalue weighted by molar-refractivity contribution is 7.27. The Labute approximate surface area is 218 Å². The second-order valence-electron chi connectivity index (χ2n) is 9.51. The molecule has 0 aliphatic carbocycles. The average Bonchev–Trinajstić information content (AvgIpc) is 2.86. The molecule has 0 radical (unpaired) electrons. The molecule has 1 unspecified atom stereocenters. The molecule has 12 heteroatoms. The molecule has 0 spiro atoms. The summed E-state index contributed by atoms with van der Waals surface area (Å²) in [6.45, 7) is 8.13. The minimum atomic E-state index is -0.433. The fourth-order valence-electron chi connectivity index (χ4n) is 5.12. The van der Waals surface area contributed by atoms with E-state index in [-0.39, 0.29) is 22.5 Å². The van der Waals surface area contributed by atoms with E-state index in [1.54, 1.807) is 6.07 Å². The number of nitrogens with zero attached hydrogens (tertiary/aromatic N) is 5. The smallest absolute Gasteiger partial charge is 0.273 e. The molecule has 36 heavy (non-hydrogen) atoms. The largest absolute Gasteiger partial charge is 0.382 e. The van der Waals surface area contributed by atoms with Gasteiger partial charge in [0.2, 0.25) is 0 Å². The van der Waals surface area contributed by atoms with Crippen LogP contribution in [0.4, 0.5) is 16.0 Å². The summed E-state index contributed by atoms with van der Waals surface area (Å²) in [4.78, 5) is 28.0. The molecule has 3 heterocycles. The lowest BCUT2D eigenvalue weighted by molar-refractivity contribution is 0.0690. The van der Waals surface area contributed by atoms with Crippen molar-refractivity contribution in [3.8, 4) is 0 Å². The maximum atomic E-state index is 13.6. The van der Waals surface area contributed by atoms with Crippen LogP contribution in [0.5, 0.6) is 0 Å². The Balaban J connectivity index is 1.32. The number of halogens is 2. The summed E-state index contributed by atoms with van der Waals surface area (Å²) < 4.78 is 13.6. The molecule has 0 saturated carbocycles. The Hall–Kier alpha value is -2.10. The van der Waals surface area contributed by atoms with Gasteiger partial charge in [-0.25, -0.2) is 14.4 Å². The molecule has 196 valence electrons. The van der Waals surface area contributed by atoms with Crippen LogP contribution < -0.4 is 27.0 Å². The third-order valence-electron chi connectivity index (χ3n) is 6.98. The zero-order chi connectivity index (χ0) is 25.8. The number of hydrogen-bond donors (Lipinski definition) is 3. The number of piperazine rings is 1. The van der Waals surface area contributed by atoms with Crippen LogP contribution in [-0.2, 0) is 6.54 Å². The Bertz CT molecular complexity index is 1080. The van der Waals surface area contributed by atoms with Crippen LogP contribution in [-0.4, -0.2) is 83.6 Å². The van der Waals surface area contributed by atoms with Crippen LogP contribution in [0.15, 0.2) is 18.2 Å². The molecule has 4 rings (SSSR count). The molecule has 5 N–H and O–H groups in total. The minimum absolute atomic E-state index is 0.0187. The van der Waals surface area contributed by atoms with Gasteiger partial charge >= 0.3 is 0 Å². The fraction of sp³-hybridized carbons (Fsp3) is 0.542. The van der Waals surface area contributed by atoms with Gasteiger partial charge in [-0.1, -0.05) is 17.7 Å². The highest BCUT2D eigenvalue weighted by Gasteiger charge is 2.33. The van der Waals surface area contributed by atoms with Crippen molar-refractivity contribution < 1.29 is 9.18 Å². The number of aromatic nitrogens is 2. The molecule has 2 aromatic rings. The Morgan fingerprint density at radius 2 is 2.00 bits per heavy atom. The monoisotopic (exact) mass is 536 g/mol. The number of hydrogen-bond acceptors (Lipinski definition) is 8. The molecular formula is C24H35ClFN8OP. The maximum absolute atomic E-state index is 13.6. The molecule has 9 nitrogen and oxygen atoms in total. The number of benzene rings is 1. The molecule has 2 aliphatic rings. The van der Waals surface area contributed by atoms with Gasteiger partial charge in [-0.3, -0.25) is 14.6 Å². The van der Waals surface area contributed by atoms with Gasteiger partial charge in [0.1, 0.15) is 5.82 Å². The average molecular weight is 537 g/mol. The van der Waals surface area contributed by atoms with E-state index < -0.39 is 5.91 Å². The lowest BCUT2D eigenvalue weighted by atomic mass is 9.99. The van der Waals surface area contributed by atoms with Gasteiger partial charge in [0.25, 0.3) is 5.91 Å². The number of nitrogens with one attached hydrogen (secondary N) is 1. The van der Waals surface area contributed by atoms with Crippen LogP contribution in [0.25, 0.3) is 0 Å². The van der Waals surface area contributed by atoms with Gasteiger partial charge in [-0.2, -0.15) is 0 Å². The summed E-state index contributed by atoms with van der Waals surface area (Å²) in [5.74, 6) is -0.0497. The number of nitrogen functional groups attached to an aromatic ring is 1. The predicted molar refractivity (Wildman–Crippen MR) is 145 cm³/mol. The number of nitrogens with two attached hydrogens (primary N) is 2. The number of anilines is 2. The molecule has 2 aliphatic heterocycles. The quantitative estimate of drug-likeness (QED) is 0.452. The first kappa shape index (κ1) is 26.9. The van der Waals surface area contributed by atoms with Crippen molar-refractivity contribution in [2.24, 2.45) is 5.73 Å². The first-order valence-electron chi connectivity index (χ1n) is 12.3. The van der Waals surface area contributed by atoms with Gasteiger partial charge < -0.3 is 21.7 Å². The van der Waals surface area contributed by atoms with Crippen molar-refractivity contribution in [2.75, 3.05) is 56.4 Å². The summed E-state index contributed by atoms with van der Waals surface area (Å²) in [7, 11) is 2.46. The highest BCUT2D eigenvalue weighted by atomic mass is 35.5. The molecule has 1 amide bonds. The van der Waals surface area contributed by atoms with Crippen LogP contribution >= 0.6 is 20.8 Å². The standard InChI is InChI=1S/C24H35ClFN8OP/c1-15-13-33(23-21(25)30-20(22(28)31-23)24(35)29-7-6-27)10-11-34(15)17-4-8-32(9-5-17)14-16-2-3-18(26)19(36)12-16/h2-3,12,15,17H,4-11,13-14,27,36H2,1H3,(H2,28,31)(H,29,35)/t15-/m0/s1. The first-order valence-corrected chi connectivity index (χ1v) is 13.3. The van der Waals surface area contributed by atoms with Crippen molar-refractivity contribution in [1.82, 2.24) is 25.1 Å². The van der Waals surface area contributed by atoms with Crippen LogP contribution in [0.3, 0.4) is 0 Å². The topological polar surface area (TPSA) is 117 Å². The predicted octanol–water partition coefficient (Wildman–Crippen LogP) is 1.22. The third kappa shape index (κ3) is 6.23. The van der Waals surface area contributed by atoms with Gasteiger partial charge in [-0.05, 0) is 50.6 Å². The van der Waals surface area contributed by atoms with E-state index in [9.17, 15) is 9.18 Å². The first-order chi connectivity index (χ1) is 17.3. The number of carbonyl (C=O) groups is 1. The zero-order valence-corrected chi connectivity index (χ0v) is 22.5. The van der Waals surface area contributed by atoms with Crippen LogP contribution in [0.1, 0.15) is 35.8 Å². The summed E-state index contributed by atoms with van der Waals surface area (Å²) >= 11 is 6.43. The summed E-state index contributed by atoms with van der Waals surface area (Å²) in [6.07, 6.45) is 2.19. The second-order valence-corrected chi connectivity index (χ2v) is 10.5. The number of carbonyl (C=O) groups excluding carboxylic acids is 1. The van der Waals surface area contributed by atoms with Crippen LogP contribution in [0.2, 0.25) is 5.15 Å². The van der Waals surface area contributed by atoms with E-state index >= 15 is 0 Å². The van der Waals surface area contributed by atoms with E-state index in [2.05, 4.69) is 46.1 Å². The van der Waals surface area contributed by atoms with Crippen molar-refractivity contribution in [1.29, 1.82) is 0 Å². The van der Waals surface area contributed by atoms with E-state index in [4.69, 9.17) is 23.1 Å². The Kier molecular flexibility index (Phi) is 8.96. The Morgan fingerprint density at radius 3 is 2.67 bits per heavy atom. The Morgan fingerprint density at radius 1 is 1.25 bits per heavy atom. The summed E-state index contributed by atoms with van der Waals surface area (Å²) in [5, 5.41) is 3.43. The third-order valence-corrected chi connectivity index (χ3v) is 7.68. The number of piperidine rings is 1. The lowest BCUT2D eigenvalue weighted by Gasteiger charge is -2.46. The number of amides is 1. The molecular weight excluding hydrogens is 502 g/mol. The highest BCUT2D eigenvalue weighted by Crippen LogP contribution is 2.29. The fourth-order valence-corrected chi connectivity index (χ4v) is 5.68. The zero-order valence-electron chi connectivity index (χ0n) is 20.6. The van der Waals surface area contributed by atoms with Crippen LogP contribution in [0, 0.1) is 5.82 Å². The number of rotatable bonds is 7. The van der Waals surface area contributed by atoms with E-state index in [0.717, 1.165) is 57.7 Å². The summed E-state index contributed by atoms with van der Waals surface area (Å²) in [6, 6.07) is 6.14. The van der Waals surface area contributed by atoms with Crippen molar-refractivity contribution in [3.63, 3.8) is 0 Å². The molecule has 1 aromatic carbocycles. The molecule has 2 fully saturated rings. The minimum Gasteiger partial charge on any atom is -0.382 e. The normalized spacial score (nSPS) is 20.0. The van der Waals surface area contributed by atoms with Crippen molar-refractivity contribution in [2.45, 2.75) is 38.4 Å². The second kappa shape index (κ2) is 12.0. The summed E-state index contributed by atoms with van der Waals surface area (Å²) in [5.41, 5.74) is 12.6. The van der Waals surface area contributed by atoms with Gasteiger partial charge in [0.15, 0.2) is 22.5 Å². The molecule has 0 bridgehead atoms. The van der Waals surface area contributed by atoms with E-state index in [1.807, 2.05) is 12.1 Å². The van der Waals surface area contributed by atoms with Crippen molar-refractivity contribution in [3.05, 3.63) is 40.4 Å². The number of likely N-dealkylation sites (tertiary alicyclic amines) is 1. The molecule has 1 aromatic heterocycles.